The Morgan fingerprint density at radius 1 is 1.29 bits per heavy atom. The third kappa shape index (κ3) is 3.98. The van der Waals surface area contributed by atoms with Crippen molar-refractivity contribution in [2.45, 2.75) is 26.3 Å². The first-order valence-corrected chi connectivity index (χ1v) is 7.28. The van der Waals surface area contributed by atoms with Crippen LogP contribution in [0.2, 0.25) is 0 Å². The molecule has 0 saturated carbocycles. The van der Waals surface area contributed by atoms with Crippen LogP contribution in [-0.4, -0.2) is 25.2 Å². The van der Waals surface area contributed by atoms with Crippen molar-refractivity contribution in [1.82, 2.24) is 0 Å². The van der Waals surface area contributed by atoms with Crippen LogP contribution in [0.25, 0.3) is 0 Å². The van der Waals surface area contributed by atoms with Crippen molar-refractivity contribution in [3.05, 3.63) is 30.4 Å². The highest BCUT2D eigenvalue weighted by atomic mass is 16.5. The first kappa shape index (κ1) is 15.4. The van der Waals surface area contributed by atoms with Gasteiger partial charge in [0.1, 0.15) is 11.5 Å². The summed E-state index contributed by atoms with van der Waals surface area (Å²) in [6.45, 7) is 4.92. The first-order chi connectivity index (χ1) is 10.1. The molecule has 0 fully saturated rings. The van der Waals surface area contributed by atoms with Crippen LogP contribution in [-0.2, 0) is 4.79 Å². The lowest BCUT2D eigenvalue weighted by atomic mass is 10.1. The number of carbonyl (C=O) groups excluding carboxylic acids is 1. The number of amides is 1. The van der Waals surface area contributed by atoms with Gasteiger partial charge in [-0.15, -0.1) is 0 Å². The van der Waals surface area contributed by atoms with E-state index >= 15 is 0 Å². The van der Waals surface area contributed by atoms with Gasteiger partial charge in [-0.1, -0.05) is 12.2 Å². The molecular weight excluding hydrogens is 268 g/mol. The maximum atomic E-state index is 12.3. The second-order valence-corrected chi connectivity index (χ2v) is 4.90. The van der Waals surface area contributed by atoms with Crippen LogP contribution in [0.3, 0.4) is 0 Å². The zero-order valence-corrected chi connectivity index (χ0v) is 12.5. The van der Waals surface area contributed by atoms with Gasteiger partial charge in [0.2, 0.25) is 5.91 Å². The molecule has 3 N–H and O–H groups in total. The Labute approximate surface area is 125 Å². The van der Waals surface area contributed by atoms with Crippen molar-refractivity contribution in [3.63, 3.8) is 0 Å². The van der Waals surface area contributed by atoms with E-state index in [2.05, 4.69) is 5.32 Å². The average molecular weight is 290 g/mol. The predicted molar refractivity (Wildman–Crippen MR) is 82.6 cm³/mol. The van der Waals surface area contributed by atoms with E-state index in [4.69, 9.17) is 15.2 Å². The summed E-state index contributed by atoms with van der Waals surface area (Å²) in [4.78, 5) is 12.3. The van der Waals surface area contributed by atoms with Gasteiger partial charge in [0.25, 0.3) is 0 Å². The summed E-state index contributed by atoms with van der Waals surface area (Å²) >= 11 is 0. The molecule has 1 amide bonds. The number of nitrogens with one attached hydrogen (secondary N) is 1. The highest BCUT2D eigenvalue weighted by Crippen LogP contribution is 2.30. The summed E-state index contributed by atoms with van der Waals surface area (Å²) < 4.78 is 11.0. The molecular formula is C16H22N2O3. The van der Waals surface area contributed by atoms with Crippen molar-refractivity contribution in [2.75, 3.05) is 18.5 Å². The van der Waals surface area contributed by atoms with Gasteiger partial charge in [-0.3, -0.25) is 4.79 Å². The van der Waals surface area contributed by atoms with E-state index in [0.29, 0.717) is 36.8 Å². The highest BCUT2D eigenvalue weighted by Gasteiger charge is 2.23. The molecule has 2 atom stereocenters. The van der Waals surface area contributed by atoms with Crippen LogP contribution < -0.4 is 20.5 Å². The molecule has 2 unspecified atom stereocenters. The molecule has 0 radical (unpaired) electrons. The van der Waals surface area contributed by atoms with Crippen LogP contribution in [0.1, 0.15) is 20.3 Å². The third-order valence-electron chi connectivity index (χ3n) is 3.27. The fourth-order valence-electron chi connectivity index (χ4n) is 2.29. The van der Waals surface area contributed by atoms with Crippen LogP contribution >= 0.6 is 0 Å². The van der Waals surface area contributed by atoms with E-state index in [1.54, 1.807) is 12.1 Å². The molecule has 0 heterocycles. The number of rotatable bonds is 6. The van der Waals surface area contributed by atoms with E-state index in [0.717, 1.165) is 0 Å². The molecule has 0 spiro atoms. The Hall–Kier alpha value is -2.01. The van der Waals surface area contributed by atoms with E-state index in [-0.39, 0.29) is 17.9 Å². The van der Waals surface area contributed by atoms with Gasteiger partial charge in [-0.2, -0.15) is 0 Å². The summed E-state index contributed by atoms with van der Waals surface area (Å²) in [7, 11) is 0. The van der Waals surface area contributed by atoms with Crippen LogP contribution in [0.15, 0.2) is 30.4 Å². The fourth-order valence-corrected chi connectivity index (χ4v) is 2.29. The van der Waals surface area contributed by atoms with Gasteiger partial charge in [0.05, 0.1) is 24.8 Å². The van der Waals surface area contributed by atoms with Gasteiger partial charge in [-0.25, -0.2) is 0 Å². The number of ether oxygens (including phenoxy) is 2. The number of hydrogen-bond donors (Lipinski definition) is 2. The molecule has 114 valence electrons. The van der Waals surface area contributed by atoms with E-state index in [9.17, 15) is 4.79 Å². The number of nitrogens with two attached hydrogens (primary N) is 1. The lowest BCUT2D eigenvalue weighted by Crippen LogP contribution is -2.24. The molecule has 0 aromatic heterocycles. The summed E-state index contributed by atoms with van der Waals surface area (Å²) in [5, 5.41) is 2.91. The smallest absolute Gasteiger partial charge is 0.231 e. The molecule has 21 heavy (non-hydrogen) atoms. The second kappa shape index (κ2) is 7.13. The number of anilines is 1. The maximum Gasteiger partial charge on any atom is 0.231 e. The Morgan fingerprint density at radius 3 is 2.67 bits per heavy atom. The minimum absolute atomic E-state index is 0.0399. The Morgan fingerprint density at radius 2 is 2.05 bits per heavy atom. The van der Waals surface area contributed by atoms with Crippen LogP contribution in [0.5, 0.6) is 11.5 Å². The molecule has 5 nitrogen and oxygen atoms in total. The lowest BCUT2D eigenvalue weighted by Gasteiger charge is -2.15. The Bertz CT molecular complexity index is 528. The van der Waals surface area contributed by atoms with E-state index in [1.165, 1.54) is 0 Å². The summed E-state index contributed by atoms with van der Waals surface area (Å²) in [5.74, 6) is 1.08. The quantitative estimate of drug-likeness (QED) is 0.789. The molecule has 5 heteroatoms. The molecule has 0 bridgehead atoms. The van der Waals surface area contributed by atoms with E-state index in [1.807, 2.05) is 32.1 Å². The normalized spacial score (nSPS) is 20.3. The molecule has 2 rings (SSSR count). The number of benzene rings is 1. The summed E-state index contributed by atoms with van der Waals surface area (Å²) in [5.41, 5.74) is 6.41. The van der Waals surface area contributed by atoms with Crippen LogP contribution in [0.4, 0.5) is 5.69 Å². The van der Waals surface area contributed by atoms with Gasteiger partial charge in [-0.05, 0) is 32.4 Å². The van der Waals surface area contributed by atoms with Crippen molar-refractivity contribution >= 4 is 11.6 Å². The van der Waals surface area contributed by atoms with Crippen molar-refractivity contribution in [3.8, 4) is 11.5 Å². The molecule has 1 aromatic rings. The van der Waals surface area contributed by atoms with Gasteiger partial charge in [0, 0.05) is 12.1 Å². The zero-order valence-electron chi connectivity index (χ0n) is 12.5. The largest absolute Gasteiger partial charge is 0.494 e. The minimum atomic E-state index is -0.190. The van der Waals surface area contributed by atoms with Crippen LogP contribution in [0, 0.1) is 5.92 Å². The van der Waals surface area contributed by atoms with Crippen molar-refractivity contribution < 1.29 is 14.3 Å². The summed E-state index contributed by atoms with van der Waals surface area (Å²) in [6.07, 6.45) is 4.36. The molecule has 0 saturated heterocycles. The Balaban J connectivity index is 2.14. The topological polar surface area (TPSA) is 73.6 Å². The SMILES string of the molecule is CCOc1ccc(OCC)c(NC(=O)C2C=CC(N)C2)c1. The first-order valence-electron chi connectivity index (χ1n) is 7.28. The fraction of sp³-hybridized carbons (Fsp3) is 0.438. The summed E-state index contributed by atoms with van der Waals surface area (Å²) in [6, 6.07) is 5.38. The highest BCUT2D eigenvalue weighted by molar-refractivity contribution is 5.95. The van der Waals surface area contributed by atoms with Gasteiger partial charge >= 0.3 is 0 Å². The lowest BCUT2D eigenvalue weighted by molar-refractivity contribution is -0.118. The maximum absolute atomic E-state index is 12.3. The van der Waals surface area contributed by atoms with Gasteiger partial charge in [0.15, 0.2) is 0 Å². The predicted octanol–water partition coefficient (Wildman–Crippen LogP) is 2.33. The second-order valence-electron chi connectivity index (χ2n) is 4.90. The number of hydrogen-bond acceptors (Lipinski definition) is 4. The molecule has 0 aliphatic heterocycles. The monoisotopic (exact) mass is 290 g/mol. The molecule has 1 aromatic carbocycles. The van der Waals surface area contributed by atoms with Gasteiger partial charge < -0.3 is 20.5 Å². The third-order valence-corrected chi connectivity index (χ3v) is 3.27. The average Bonchev–Trinajstić information content (AvgIpc) is 2.89. The Kier molecular flexibility index (Phi) is 5.22. The standard InChI is InChI=1S/C16H22N2O3/c1-3-20-13-7-8-15(21-4-2)14(10-13)18-16(19)11-5-6-12(17)9-11/h5-8,10-12H,3-4,9,17H2,1-2H3,(H,18,19). The number of carbonyl (C=O) groups is 1. The van der Waals surface area contributed by atoms with Crippen molar-refractivity contribution in [1.29, 1.82) is 0 Å². The minimum Gasteiger partial charge on any atom is -0.494 e. The molecule has 1 aliphatic carbocycles. The zero-order chi connectivity index (χ0) is 15.2. The molecule has 1 aliphatic rings. The van der Waals surface area contributed by atoms with Crippen molar-refractivity contribution in [2.24, 2.45) is 11.7 Å². The van der Waals surface area contributed by atoms with E-state index < -0.39 is 0 Å².